The Balaban J connectivity index is 2.07. The fourth-order valence-corrected chi connectivity index (χ4v) is 2.46. The summed E-state index contributed by atoms with van der Waals surface area (Å²) in [5, 5.41) is 13.7. The summed E-state index contributed by atoms with van der Waals surface area (Å²) in [5.74, 6) is -0.527. The molecule has 0 saturated carbocycles. The summed E-state index contributed by atoms with van der Waals surface area (Å²) < 4.78 is 5.56. The molecule has 0 spiro atoms. The Bertz CT molecular complexity index is 736. The summed E-state index contributed by atoms with van der Waals surface area (Å²) >= 11 is 12.3. The second-order valence-electron chi connectivity index (χ2n) is 5.23. The van der Waals surface area contributed by atoms with Gasteiger partial charge in [-0.05, 0) is 55.8 Å². The average Bonchev–Trinajstić information content (AvgIpc) is 2.51. The first-order valence-corrected chi connectivity index (χ1v) is 7.90. The maximum absolute atomic E-state index is 10.8. The smallest absolute Gasteiger partial charge is 0.335 e. The van der Waals surface area contributed by atoms with Gasteiger partial charge in [-0.2, -0.15) is 5.10 Å². The highest BCUT2D eigenvalue weighted by molar-refractivity contribution is 6.37. The molecule has 0 fully saturated rings. The highest BCUT2D eigenvalue weighted by atomic mass is 35.5. The van der Waals surface area contributed by atoms with Gasteiger partial charge in [-0.3, -0.25) is 5.43 Å². The van der Waals surface area contributed by atoms with Gasteiger partial charge in [-0.1, -0.05) is 23.2 Å². The van der Waals surface area contributed by atoms with Crippen molar-refractivity contribution in [3.63, 3.8) is 0 Å². The number of halogens is 2. The largest absolute Gasteiger partial charge is 0.488 e. The van der Waals surface area contributed by atoms with Crippen molar-refractivity contribution in [2.24, 2.45) is 5.10 Å². The van der Waals surface area contributed by atoms with Gasteiger partial charge in [0.05, 0.1) is 33.6 Å². The van der Waals surface area contributed by atoms with Crippen molar-refractivity contribution in [1.82, 2.24) is 0 Å². The van der Waals surface area contributed by atoms with E-state index in [-0.39, 0.29) is 11.7 Å². The number of nitrogens with one attached hydrogen (secondary N) is 1. The Morgan fingerprint density at radius 3 is 2.29 bits per heavy atom. The SMILES string of the molecule is CC(C)Oc1c(Cl)cc(C=NNc2ccc(C(=O)O)cc2)cc1Cl. The van der Waals surface area contributed by atoms with E-state index in [0.29, 0.717) is 27.0 Å². The van der Waals surface area contributed by atoms with E-state index >= 15 is 0 Å². The summed E-state index contributed by atoms with van der Waals surface area (Å²) in [4.78, 5) is 10.8. The standard InChI is InChI=1S/C17H16Cl2N2O3/c1-10(2)24-16-14(18)7-11(8-15(16)19)9-20-21-13-5-3-12(4-6-13)17(22)23/h3-10,21H,1-2H3,(H,22,23). The molecular formula is C17H16Cl2N2O3. The third kappa shape index (κ3) is 4.88. The van der Waals surface area contributed by atoms with Crippen LogP contribution in [-0.2, 0) is 0 Å². The minimum atomic E-state index is -0.974. The molecule has 126 valence electrons. The first kappa shape index (κ1) is 18.1. The molecule has 0 heterocycles. The molecule has 24 heavy (non-hydrogen) atoms. The zero-order valence-corrected chi connectivity index (χ0v) is 14.6. The molecule has 0 atom stereocenters. The third-order valence-corrected chi connectivity index (χ3v) is 3.47. The van der Waals surface area contributed by atoms with E-state index in [4.69, 9.17) is 33.0 Å². The minimum absolute atomic E-state index is 0.0324. The molecule has 0 radical (unpaired) electrons. The molecule has 2 aromatic carbocycles. The molecule has 0 aliphatic carbocycles. The molecule has 5 nitrogen and oxygen atoms in total. The van der Waals surface area contributed by atoms with E-state index in [1.54, 1.807) is 30.5 Å². The summed E-state index contributed by atoms with van der Waals surface area (Å²) in [5.41, 5.74) is 4.38. The quantitative estimate of drug-likeness (QED) is 0.561. The van der Waals surface area contributed by atoms with Gasteiger partial charge in [0, 0.05) is 0 Å². The van der Waals surface area contributed by atoms with Crippen molar-refractivity contribution < 1.29 is 14.6 Å². The molecule has 0 bridgehead atoms. The predicted molar refractivity (Wildman–Crippen MR) is 96.8 cm³/mol. The Morgan fingerprint density at radius 1 is 1.21 bits per heavy atom. The molecule has 7 heteroatoms. The second-order valence-corrected chi connectivity index (χ2v) is 6.05. The number of anilines is 1. The Kier molecular flexibility index (Phi) is 6.06. The number of nitrogens with zero attached hydrogens (tertiary/aromatic N) is 1. The van der Waals surface area contributed by atoms with Crippen molar-refractivity contribution in [3.8, 4) is 5.75 Å². The molecule has 0 aliphatic heterocycles. The minimum Gasteiger partial charge on any atom is -0.488 e. The van der Waals surface area contributed by atoms with Crippen LogP contribution in [0.25, 0.3) is 0 Å². The van der Waals surface area contributed by atoms with Crippen LogP contribution in [0.2, 0.25) is 10.0 Å². The van der Waals surface area contributed by atoms with Gasteiger partial charge >= 0.3 is 5.97 Å². The zero-order chi connectivity index (χ0) is 17.7. The van der Waals surface area contributed by atoms with Crippen molar-refractivity contribution in [3.05, 3.63) is 57.6 Å². The van der Waals surface area contributed by atoms with Gasteiger partial charge in [0.25, 0.3) is 0 Å². The Hall–Kier alpha value is -2.24. The lowest BCUT2D eigenvalue weighted by Gasteiger charge is -2.13. The van der Waals surface area contributed by atoms with Crippen molar-refractivity contribution >= 4 is 41.1 Å². The highest BCUT2D eigenvalue weighted by Crippen LogP contribution is 2.34. The van der Waals surface area contributed by atoms with E-state index < -0.39 is 5.97 Å². The maximum atomic E-state index is 10.8. The fourth-order valence-electron chi connectivity index (χ4n) is 1.87. The monoisotopic (exact) mass is 366 g/mol. The number of hydrogen-bond donors (Lipinski definition) is 2. The first-order chi connectivity index (χ1) is 11.4. The number of carbonyl (C=O) groups is 1. The van der Waals surface area contributed by atoms with Crippen LogP contribution in [0.5, 0.6) is 5.75 Å². The summed E-state index contributed by atoms with van der Waals surface area (Å²) in [7, 11) is 0. The topological polar surface area (TPSA) is 70.9 Å². The number of aromatic carboxylic acids is 1. The lowest BCUT2D eigenvalue weighted by atomic mass is 10.2. The Morgan fingerprint density at radius 2 is 1.79 bits per heavy atom. The second kappa shape index (κ2) is 8.04. The summed E-state index contributed by atoms with van der Waals surface area (Å²) in [6.07, 6.45) is 1.53. The number of benzene rings is 2. The van der Waals surface area contributed by atoms with Crippen molar-refractivity contribution in [2.45, 2.75) is 20.0 Å². The number of rotatable bonds is 6. The third-order valence-electron chi connectivity index (χ3n) is 2.91. The maximum Gasteiger partial charge on any atom is 0.335 e. The molecule has 0 aliphatic rings. The fraction of sp³-hybridized carbons (Fsp3) is 0.176. The van der Waals surface area contributed by atoms with Crippen LogP contribution in [0.15, 0.2) is 41.5 Å². The van der Waals surface area contributed by atoms with Crippen LogP contribution in [0.3, 0.4) is 0 Å². The summed E-state index contributed by atoms with van der Waals surface area (Å²) in [6, 6.07) is 9.63. The summed E-state index contributed by atoms with van der Waals surface area (Å²) in [6.45, 7) is 3.78. The molecule has 0 amide bonds. The van der Waals surface area contributed by atoms with Gasteiger partial charge < -0.3 is 9.84 Å². The van der Waals surface area contributed by atoms with Crippen molar-refractivity contribution in [2.75, 3.05) is 5.43 Å². The predicted octanol–water partition coefficient (Wildman–Crippen LogP) is 4.92. The Labute approximate surface area is 149 Å². The van der Waals surface area contributed by atoms with E-state index in [1.807, 2.05) is 13.8 Å². The van der Waals surface area contributed by atoms with E-state index in [0.717, 1.165) is 0 Å². The number of carboxylic acid groups (broad SMARTS) is 1. The van der Waals surface area contributed by atoms with Gasteiger partial charge in [-0.25, -0.2) is 4.79 Å². The average molecular weight is 367 g/mol. The van der Waals surface area contributed by atoms with Gasteiger partial charge in [0.1, 0.15) is 0 Å². The molecule has 2 rings (SSSR count). The van der Waals surface area contributed by atoms with Gasteiger partial charge in [-0.15, -0.1) is 0 Å². The number of hydrogen-bond acceptors (Lipinski definition) is 4. The van der Waals surface area contributed by atoms with Gasteiger partial charge in [0.2, 0.25) is 0 Å². The molecule has 2 N–H and O–H groups in total. The van der Waals surface area contributed by atoms with Crippen molar-refractivity contribution in [1.29, 1.82) is 0 Å². The first-order valence-electron chi connectivity index (χ1n) is 7.15. The molecule has 2 aromatic rings. The molecular weight excluding hydrogens is 351 g/mol. The van der Waals surface area contributed by atoms with Crippen LogP contribution in [0.4, 0.5) is 5.69 Å². The van der Waals surface area contributed by atoms with Crippen LogP contribution >= 0.6 is 23.2 Å². The molecule has 0 aromatic heterocycles. The molecule has 0 saturated heterocycles. The normalized spacial score (nSPS) is 11.0. The van der Waals surface area contributed by atoms with E-state index in [1.165, 1.54) is 12.1 Å². The number of ether oxygens (including phenoxy) is 1. The number of carboxylic acids is 1. The van der Waals surface area contributed by atoms with Crippen LogP contribution in [-0.4, -0.2) is 23.4 Å². The van der Waals surface area contributed by atoms with E-state index in [9.17, 15) is 4.79 Å². The lowest BCUT2D eigenvalue weighted by molar-refractivity contribution is 0.0697. The lowest BCUT2D eigenvalue weighted by Crippen LogP contribution is -2.06. The number of hydrazone groups is 1. The van der Waals surface area contributed by atoms with Crippen LogP contribution in [0.1, 0.15) is 29.8 Å². The zero-order valence-electron chi connectivity index (χ0n) is 13.1. The van der Waals surface area contributed by atoms with Crippen LogP contribution in [0, 0.1) is 0 Å². The highest BCUT2D eigenvalue weighted by Gasteiger charge is 2.10. The molecule has 0 unspecified atom stereocenters. The van der Waals surface area contributed by atoms with E-state index in [2.05, 4.69) is 10.5 Å². The van der Waals surface area contributed by atoms with Crippen LogP contribution < -0.4 is 10.2 Å². The van der Waals surface area contributed by atoms with Gasteiger partial charge in [0.15, 0.2) is 5.75 Å².